The van der Waals surface area contributed by atoms with Gasteiger partial charge >= 0.3 is 0 Å². The minimum atomic E-state index is -0.704. The standard InChI is InChI=1S/C20H26ClFN2O2/c21-16-9-15(10-17(22)11-16)12-23-18-20(26-18)7-4-8-24(19(20)25)13-14-5-2-1-3-6-14/h9-11,14,18,23H,1-8,12-13H2. The summed E-state index contributed by atoms with van der Waals surface area (Å²) in [5.41, 5.74) is 0.0484. The number of amides is 1. The lowest BCUT2D eigenvalue weighted by atomic mass is 9.87. The average Bonchev–Trinajstić information content (AvgIpc) is 3.31. The third-order valence-corrected chi connectivity index (χ3v) is 6.16. The molecule has 1 N–H and O–H groups in total. The van der Waals surface area contributed by atoms with Crippen LogP contribution in [0.4, 0.5) is 4.39 Å². The van der Waals surface area contributed by atoms with Crippen LogP contribution < -0.4 is 5.32 Å². The molecule has 2 unspecified atom stereocenters. The molecule has 0 bridgehead atoms. The number of nitrogens with one attached hydrogen (secondary N) is 1. The van der Waals surface area contributed by atoms with E-state index >= 15 is 0 Å². The molecule has 4 nitrogen and oxygen atoms in total. The van der Waals surface area contributed by atoms with Gasteiger partial charge in [0.05, 0.1) is 0 Å². The number of piperidine rings is 1. The lowest BCUT2D eigenvalue weighted by Crippen LogP contribution is -2.50. The summed E-state index contributed by atoms with van der Waals surface area (Å²) in [7, 11) is 0. The van der Waals surface area contributed by atoms with Gasteiger partial charge in [-0.25, -0.2) is 4.39 Å². The molecule has 1 amide bonds. The van der Waals surface area contributed by atoms with Crippen molar-refractivity contribution < 1.29 is 13.9 Å². The number of nitrogens with zero attached hydrogens (tertiary/aromatic N) is 1. The van der Waals surface area contributed by atoms with E-state index in [0.29, 0.717) is 17.5 Å². The van der Waals surface area contributed by atoms with Gasteiger partial charge in [-0.3, -0.25) is 10.1 Å². The monoisotopic (exact) mass is 380 g/mol. The van der Waals surface area contributed by atoms with E-state index in [1.807, 2.05) is 4.90 Å². The van der Waals surface area contributed by atoms with Gasteiger partial charge in [0.15, 0.2) is 5.60 Å². The van der Waals surface area contributed by atoms with E-state index < -0.39 is 5.60 Å². The Balaban J connectivity index is 1.34. The number of carbonyl (C=O) groups excluding carboxylic acids is 1. The average molecular weight is 381 g/mol. The lowest BCUT2D eigenvalue weighted by molar-refractivity contribution is -0.141. The Hall–Kier alpha value is -1.17. The van der Waals surface area contributed by atoms with Crippen molar-refractivity contribution in [2.75, 3.05) is 13.1 Å². The summed E-state index contributed by atoms with van der Waals surface area (Å²) in [5, 5.41) is 3.62. The second-order valence-corrected chi connectivity index (χ2v) is 8.34. The molecule has 6 heteroatoms. The molecule has 3 fully saturated rings. The molecule has 3 aliphatic rings. The Kier molecular flexibility index (Phi) is 5.22. The number of hydrogen-bond donors (Lipinski definition) is 1. The zero-order valence-corrected chi connectivity index (χ0v) is 15.7. The topological polar surface area (TPSA) is 44.9 Å². The van der Waals surface area contributed by atoms with Crippen LogP contribution in [0.2, 0.25) is 5.02 Å². The van der Waals surface area contributed by atoms with Crippen molar-refractivity contribution in [1.82, 2.24) is 10.2 Å². The highest BCUT2D eigenvalue weighted by Gasteiger charge is 2.64. The molecule has 4 rings (SSSR count). The first-order valence-corrected chi connectivity index (χ1v) is 10.1. The highest BCUT2D eigenvalue weighted by atomic mass is 35.5. The number of epoxide rings is 1. The first-order valence-electron chi connectivity index (χ1n) is 9.72. The molecule has 0 aromatic heterocycles. The summed E-state index contributed by atoms with van der Waals surface area (Å²) < 4.78 is 19.3. The highest BCUT2D eigenvalue weighted by Crippen LogP contribution is 2.44. The second-order valence-electron chi connectivity index (χ2n) is 7.90. The lowest BCUT2D eigenvalue weighted by Gasteiger charge is -2.35. The van der Waals surface area contributed by atoms with Crippen LogP contribution in [0.3, 0.4) is 0 Å². The molecular weight excluding hydrogens is 355 g/mol. The van der Waals surface area contributed by atoms with Crippen molar-refractivity contribution in [2.24, 2.45) is 5.92 Å². The Labute approximate surface area is 159 Å². The van der Waals surface area contributed by atoms with Crippen molar-refractivity contribution >= 4 is 17.5 Å². The Bertz CT molecular complexity index is 660. The maximum Gasteiger partial charge on any atom is 0.259 e. The van der Waals surface area contributed by atoms with Gasteiger partial charge in [-0.1, -0.05) is 30.9 Å². The van der Waals surface area contributed by atoms with Crippen molar-refractivity contribution in [3.8, 4) is 0 Å². The van der Waals surface area contributed by atoms with Gasteiger partial charge in [-0.05, 0) is 55.4 Å². The summed E-state index contributed by atoms with van der Waals surface area (Å²) in [6, 6.07) is 4.46. The summed E-state index contributed by atoms with van der Waals surface area (Å²) in [5.74, 6) is 0.416. The summed E-state index contributed by atoms with van der Waals surface area (Å²) in [4.78, 5) is 15.0. The number of hydrogen-bond acceptors (Lipinski definition) is 3. The molecule has 2 atom stereocenters. The Morgan fingerprint density at radius 3 is 2.81 bits per heavy atom. The van der Waals surface area contributed by atoms with Crippen LogP contribution in [0.5, 0.6) is 0 Å². The quantitative estimate of drug-likeness (QED) is 0.789. The van der Waals surface area contributed by atoms with Crippen LogP contribution in [0.25, 0.3) is 0 Å². The summed E-state index contributed by atoms with van der Waals surface area (Å²) in [6.45, 7) is 2.14. The molecule has 2 heterocycles. The van der Waals surface area contributed by atoms with E-state index in [9.17, 15) is 9.18 Å². The predicted molar refractivity (Wildman–Crippen MR) is 98.2 cm³/mol. The van der Waals surface area contributed by atoms with Crippen molar-refractivity contribution in [3.63, 3.8) is 0 Å². The van der Waals surface area contributed by atoms with Gasteiger partial charge in [-0.2, -0.15) is 0 Å². The van der Waals surface area contributed by atoms with Gasteiger partial charge in [0.2, 0.25) is 0 Å². The zero-order valence-electron chi connectivity index (χ0n) is 15.0. The largest absolute Gasteiger partial charge is 0.340 e. The van der Waals surface area contributed by atoms with E-state index in [2.05, 4.69) is 5.32 Å². The molecular formula is C20H26ClFN2O2. The second kappa shape index (κ2) is 7.45. The van der Waals surface area contributed by atoms with E-state index in [4.69, 9.17) is 16.3 Å². The van der Waals surface area contributed by atoms with Crippen LogP contribution in [0.1, 0.15) is 50.5 Å². The number of likely N-dealkylation sites (tertiary alicyclic amines) is 1. The van der Waals surface area contributed by atoms with Crippen molar-refractivity contribution in [2.45, 2.75) is 63.3 Å². The minimum absolute atomic E-state index is 0.129. The Morgan fingerprint density at radius 2 is 2.04 bits per heavy atom. The zero-order chi connectivity index (χ0) is 18.1. The molecule has 1 aromatic rings. The van der Waals surface area contributed by atoms with Crippen LogP contribution in [-0.2, 0) is 16.1 Å². The fourth-order valence-electron chi connectivity index (χ4n) is 4.52. The van der Waals surface area contributed by atoms with E-state index in [1.54, 1.807) is 6.07 Å². The third-order valence-electron chi connectivity index (χ3n) is 5.94. The maximum atomic E-state index is 13.4. The highest BCUT2D eigenvalue weighted by molar-refractivity contribution is 6.30. The minimum Gasteiger partial charge on any atom is -0.340 e. The van der Waals surface area contributed by atoms with E-state index in [1.165, 1.54) is 44.2 Å². The van der Waals surface area contributed by atoms with Crippen LogP contribution in [0.15, 0.2) is 18.2 Å². The van der Waals surface area contributed by atoms with Gasteiger partial charge in [0, 0.05) is 24.7 Å². The molecule has 1 spiro atoms. The smallest absolute Gasteiger partial charge is 0.259 e. The number of ether oxygens (including phenoxy) is 1. The van der Waals surface area contributed by atoms with Crippen LogP contribution in [-0.4, -0.2) is 35.7 Å². The molecule has 1 aromatic carbocycles. The first-order chi connectivity index (χ1) is 12.6. The number of rotatable bonds is 5. The molecule has 2 saturated heterocycles. The number of benzene rings is 1. The van der Waals surface area contributed by atoms with Gasteiger partial charge in [0.25, 0.3) is 5.91 Å². The molecule has 142 valence electrons. The van der Waals surface area contributed by atoms with Crippen LogP contribution in [0, 0.1) is 11.7 Å². The fraction of sp³-hybridized carbons (Fsp3) is 0.650. The van der Waals surface area contributed by atoms with Crippen molar-refractivity contribution in [1.29, 1.82) is 0 Å². The predicted octanol–water partition coefficient (Wildman–Crippen LogP) is 3.87. The number of halogens is 2. The first kappa shape index (κ1) is 18.2. The van der Waals surface area contributed by atoms with E-state index in [-0.39, 0.29) is 18.0 Å². The summed E-state index contributed by atoms with van der Waals surface area (Å²) >= 11 is 5.90. The molecule has 2 aliphatic heterocycles. The van der Waals surface area contributed by atoms with Gasteiger partial charge < -0.3 is 9.64 Å². The molecule has 26 heavy (non-hydrogen) atoms. The summed E-state index contributed by atoms with van der Waals surface area (Å²) in [6.07, 6.45) is 7.82. The van der Waals surface area contributed by atoms with Gasteiger partial charge in [0.1, 0.15) is 12.0 Å². The number of carbonyl (C=O) groups is 1. The normalized spacial score (nSPS) is 29.4. The third kappa shape index (κ3) is 3.75. The Morgan fingerprint density at radius 1 is 1.23 bits per heavy atom. The van der Waals surface area contributed by atoms with Crippen molar-refractivity contribution in [3.05, 3.63) is 34.6 Å². The van der Waals surface area contributed by atoms with Crippen LogP contribution >= 0.6 is 11.6 Å². The molecule has 0 radical (unpaired) electrons. The van der Waals surface area contributed by atoms with E-state index in [0.717, 1.165) is 31.5 Å². The van der Waals surface area contributed by atoms with Gasteiger partial charge in [-0.15, -0.1) is 0 Å². The molecule has 1 saturated carbocycles. The SMILES string of the molecule is O=C1N(CC2CCCCC2)CCCC12OC2NCc1cc(F)cc(Cl)c1. The maximum absolute atomic E-state index is 13.4. The fourth-order valence-corrected chi connectivity index (χ4v) is 4.77. The molecule has 1 aliphatic carbocycles.